The fourth-order valence-corrected chi connectivity index (χ4v) is 5.62. The Morgan fingerprint density at radius 2 is 2.07 bits per heavy atom. The van der Waals surface area contributed by atoms with Crippen LogP contribution >= 0.6 is 27.7 Å². The third-order valence-electron chi connectivity index (χ3n) is 5.17. The zero-order valence-electron chi connectivity index (χ0n) is 16.2. The molecule has 2 aromatic rings. The molecule has 1 aromatic heterocycles. The van der Waals surface area contributed by atoms with Crippen LogP contribution in [0.4, 0.5) is 0 Å². The van der Waals surface area contributed by atoms with Crippen LogP contribution in [0.5, 0.6) is 0 Å². The van der Waals surface area contributed by atoms with Gasteiger partial charge in [0, 0.05) is 4.75 Å². The first-order valence-corrected chi connectivity index (χ1v) is 11.3. The van der Waals surface area contributed by atoms with Crippen molar-refractivity contribution in [2.45, 2.75) is 42.1 Å². The Hall–Kier alpha value is -2.47. The number of hydrogen-bond acceptors (Lipinski definition) is 7. The van der Waals surface area contributed by atoms with E-state index in [-0.39, 0.29) is 33.3 Å². The number of nitrogens with zero attached hydrogens (tertiary/aromatic N) is 4. The van der Waals surface area contributed by atoms with Gasteiger partial charge in [-0.05, 0) is 19.4 Å². The van der Waals surface area contributed by atoms with Gasteiger partial charge in [0.05, 0.1) is 5.33 Å². The molecule has 12 heteroatoms. The molecule has 0 spiro atoms. The third-order valence-corrected chi connectivity index (χ3v) is 7.25. The van der Waals surface area contributed by atoms with Crippen molar-refractivity contribution in [3.05, 3.63) is 41.7 Å². The molecule has 2 aliphatic heterocycles. The highest BCUT2D eigenvalue weighted by Gasteiger charge is 2.63. The number of thioether (sulfide) groups is 1. The van der Waals surface area contributed by atoms with E-state index in [1.807, 2.05) is 19.9 Å². The number of amides is 3. The Morgan fingerprint density at radius 3 is 2.70 bits per heavy atom. The number of β-lactam (4-membered cyclic amide) rings is 1. The Labute approximate surface area is 185 Å². The number of H-pyrrole nitrogens is 1. The van der Waals surface area contributed by atoms with Gasteiger partial charge in [0.1, 0.15) is 23.5 Å². The predicted molar refractivity (Wildman–Crippen MR) is 112 cm³/mol. The zero-order chi connectivity index (χ0) is 21.5. The van der Waals surface area contributed by atoms with Gasteiger partial charge in [-0.2, -0.15) is 5.21 Å². The van der Waals surface area contributed by atoms with E-state index in [1.165, 1.54) is 0 Å². The van der Waals surface area contributed by atoms with Gasteiger partial charge in [0.15, 0.2) is 5.82 Å². The lowest BCUT2D eigenvalue weighted by atomic mass is 9.95. The standard InChI is InChI=1S/C18H20BrN7O3S/c1-18(2)13(14-22-24-25-23-14)26-16(29)12(17(26)30-18)21-15(28)11(20-10(27)8-19)9-6-4-3-5-7-9/h3-7,11-13,17H,8H2,1-2H3,(H,20,27)(H,21,28)(H,22,23,24,25)/t11?,12?,13?,17-/m0/s1. The topological polar surface area (TPSA) is 133 Å². The maximum absolute atomic E-state index is 13.0. The van der Waals surface area contributed by atoms with E-state index in [0.29, 0.717) is 11.4 Å². The second-order valence-electron chi connectivity index (χ2n) is 7.56. The van der Waals surface area contributed by atoms with Crippen LogP contribution in [0.1, 0.15) is 37.3 Å². The van der Waals surface area contributed by atoms with E-state index >= 15 is 0 Å². The van der Waals surface area contributed by atoms with Gasteiger partial charge in [0.25, 0.3) is 0 Å². The fraction of sp³-hybridized carbons (Fsp3) is 0.444. The van der Waals surface area contributed by atoms with Gasteiger partial charge in [-0.1, -0.05) is 51.5 Å². The Bertz CT molecular complexity index is 956. The van der Waals surface area contributed by atoms with Crippen molar-refractivity contribution in [3.63, 3.8) is 0 Å². The number of carbonyl (C=O) groups excluding carboxylic acids is 3. The number of tetrazole rings is 1. The lowest BCUT2D eigenvalue weighted by Gasteiger charge is -2.44. The predicted octanol–water partition coefficient (Wildman–Crippen LogP) is 0.672. The average molecular weight is 494 g/mol. The maximum atomic E-state index is 13.0. The number of hydrogen-bond donors (Lipinski definition) is 3. The molecule has 0 radical (unpaired) electrons. The second-order valence-corrected chi connectivity index (χ2v) is 9.89. The normalized spacial score (nSPS) is 25.2. The molecule has 3 amide bonds. The highest BCUT2D eigenvalue weighted by atomic mass is 79.9. The van der Waals surface area contributed by atoms with Crippen molar-refractivity contribution in [2.24, 2.45) is 0 Å². The summed E-state index contributed by atoms with van der Waals surface area (Å²) in [5.74, 6) is -0.524. The van der Waals surface area contributed by atoms with Crippen LogP contribution in [0.2, 0.25) is 0 Å². The summed E-state index contributed by atoms with van der Waals surface area (Å²) in [7, 11) is 0. The van der Waals surface area contributed by atoms with Crippen LogP contribution in [-0.4, -0.2) is 64.7 Å². The minimum Gasteiger partial charge on any atom is -0.340 e. The van der Waals surface area contributed by atoms with Crippen LogP contribution in [0.25, 0.3) is 0 Å². The van der Waals surface area contributed by atoms with Crippen molar-refractivity contribution in [2.75, 3.05) is 5.33 Å². The highest BCUT2D eigenvalue weighted by Crippen LogP contribution is 2.56. The summed E-state index contributed by atoms with van der Waals surface area (Å²) < 4.78 is -0.354. The summed E-state index contributed by atoms with van der Waals surface area (Å²) in [5, 5.41) is 19.5. The fourth-order valence-electron chi connectivity index (χ4n) is 3.83. The molecule has 4 atom stereocenters. The van der Waals surface area contributed by atoms with E-state index in [0.717, 1.165) is 0 Å². The average Bonchev–Trinajstić information content (AvgIpc) is 3.34. The molecule has 3 unspecified atom stereocenters. The Morgan fingerprint density at radius 1 is 1.33 bits per heavy atom. The first-order valence-electron chi connectivity index (χ1n) is 9.27. The number of aromatic nitrogens is 4. The first-order chi connectivity index (χ1) is 14.3. The molecule has 0 bridgehead atoms. The van der Waals surface area contributed by atoms with Crippen LogP contribution in [0, 0.1) is 0 Å². The quantitative estimate of drug-likeness (QED) is 0.397. The van der Waals surface area contributed by atoms with Crippen LogP contribution < -0.4 is 10.6 Å². The molecule has 2 saturated heterocycles. The van der Waals surface area contributed by atoms with Gasteiger partial charge in [-0.3, -0.25) is 14.4 Å². The summed E-state index contributed by atoms with van der Waals surface area (Å²) in [6, 6.07) is 6.99. The molecule has 10 nitrogen and oxygen atoms in total. The van der Waals surface area contributed by atoms with Crippen molar-refractivity contribution < 1.29 is 14.4 Å². The lowest BCUT2D eigenvalue weighted by molar-refractivity contribution is -0.152. The smallest absolute Gasteiger partial charge is 0.249 e. The van der Waals surface area contributed by atoms with Crippen LogP contribution in [0.3, 0.4) is 0 Å². The molecule has 2 aliphatic rings. The summed E-state index contributed by atoms with van der Waals surface area (Å²) in [6.07, 6.45) is 0. The van der Waals surface area contributed by atoms with E-state index in [4.69, 9.17) is 0 Å². The summed E-state index contributed by atoms with van der Waals surface area (Å²) >= 11 is 4.68. The first kappa shape index (κ1) is 20.8. The number of rotatable bonds is 6. The minimum atomic E-state index is -0.898. The summed E-state index contributed by atoms with van der Waals surface area (Å²) in [4.78, 5) is 39.6. The number of nitrogens with one attached hydrogen (secondary N) is 3. The number of fused-ring (bicyclic) bond motifs is 1. The largest absolute Gasteiger partial charge is 0.340 e. The minimum absolute atomic E-state index is 0.0683. The van der Waals surface area contributed by atoms with Gasteiger partial charge in [0.2, 0.25) is 17.7 Å². The number of halogens is 1. The van der Waals surface area contributed by atoms with Crippen molar-refractivity contribution >= 4 is 45.4 Å². The Balaban J connectivity index is 1.52. The third kappa shape index (κ3) is 3.58. The molecule has 0 aliphatic carbocycles. The van der Waals surface area contributed by atoms with E-state index < -0.39 is 18.0 Å². The number of carbonyl (C=O) groups is 3. The lowest BCUT2D eigenvalue weighted by Crippen LogP contribution is -2.68. The van der Waals surface area contributed by atoms with Crippen LogP contribution in [-0.2, 0) is 14.4 Å². The highest BCUT2D eigenvalue weighted by molar-refractivity contribution is 9.09. The molecule has 0 saturated carbocycles. The van der Waals surface area contributed by atoms with Crippen molar-refractivity contribution in [1.29, 1.82) is 0 Å². The van der Waals surface area contributed by atoms with Gasteiger partial charge < -0.3 is 15.5 Å². The van der Waals surface area contributed by atoms with E-state index in [9.17, 15) is 14.4 Å². The number of alkyl halides is 1. The SMILES string of the molecule is CC1(C)S[C@H]2C(NC(=O)C(NC(=O)CBr)c3ccccc3)C(=O)N2C1c1nn[nH]n1. The maximum Gasteiger partial charge on any atom is 0.249 e. The molecule has 1 aromatic carbocycles. The van der Waals surface area contributed by atoms with Gasteiger partial charge in [-0.15, -0.1) is 22.0 Å². The molecule has 3 N–H and O–H groups in total. The molecule has 4 rings (SSSR count). The summed E-state index contributed by atoms with van der Waals surface area (Å²) in [6.45, 7) is 4.01. The summed E-state index contributed by atoms with van der Waals surface area (Å²) in [5.41, 5.74) is 0.636. The second kappa shape index (κ2) is 7.99. The van der Waals surface area contributed by atoms with Gasteiger partial charge in [-0.25, -0.2) is 0 Å². The number of benzene rings is 1. The van der Waals surface area contributed by atoms with E-state index in [2.05, 4.69) is 47.2 Å². The van der Waals surface area contributed by atoms with Gasteiger partial charge >= 0.3 is 0 Å². The molecular weight excluding hydrogens is 474 g/mol. The van der Waals surface area contributed by atoms with Crippen molar-refractivity contribution in [1.82, 2.24) is 36.2 Å². The molecule has 3 heterocycles. The van der Waals surface area contributed by atoms with E-state index in [1.54, 1.807) is 40.9 Å². The molecule has 158 valence electrons. The van der Waals surface area contributed by atoms with Crippen LogP contribution in [0.15, 0.2) is 30.3 Å². The molecular formula is C18H20BrN7O3S. The monoisotopic (exact) mass is 493 g/mol. The molecule has 30 heavy (non-hydrogen) atoms. The number of aromatic amines is 1. The van der Waals surface area contributed by atoms with Crippen molar-refractivity contribution in [3.8, 4) is 0 Å². The Kier molecular flexibility index (Phi) is 5.53. The molecule has 2 fully saturated rings. The zero-order valence-corrected chi connectivity index (χ0v) is 18.6.